The molecule has 0 N–H and O–H groups in total. The molecular formula is C16H19N5OS. The zero-order chi connectivity index (χ0) is 16.1. The molecule has 0 bridgehead atoms. The second-order valence-corrected chi connectivity index (χ2v) is 6.09. The number of benzene rings is 1. The maximum Gasteiger partial charge on any atom is 0.232 e. The third-order valence-electron chi connectivity index (χ3n) is 3.79. The van der Waals surface area contributed by atoms with E-state index in [2.05, 4.69) is 44.8 Å². The number of nitriles is 1. The highest BCUT2D eigenvalue weighted by Gasteiger charge is 2.22. The van der Waals surface area contributed by atoms with Crippen molar-refractivity contribution in [2.45, 2.75) is 18.5 Å². The highest BCUT2D eigenvalue weighted by atomic mass is 32.2. The Hall–Kier alpha value is -2.04. The summed E-state index contributed by atoms with van der Waals surface area (Å²) in [6.07, 6.45) is 0.930. The second kappa shape index (κ2) is 7.49. The van der Waals surface area contributed by atoms with Crippen LogP contribution in [0.3, 0.4) is 0 Å². The lowest BCUT2D eigenvalue weighted by molar-refractivity contribution is 0.122. The van der Waals surface area contributed by atoms with Crippen LogP contribution in [-0.4, -0.2) is 46.8 Å². The summed E-state index contributed by atoms with van der Waals surface area (Å²) in [5, 5.41) is 18.4. The van der Waals surface area contributed by atoms with Crippen molar-refractivity contribution in [2.75, 3.05) is 37.0 Å². The van der Waals surface area contributed by atoms with Gasteiger partial charge in [-0.25, -0.2) is 0 Å². The summed E-state index contributed by atoms with van der Waals surface area (Å²) in [6.45, 7) is 5.14. The van der Waals surface area contributed by atoms with Crippen LogP contribution in [0.5, 0.6) is 0 Å². The van der Waals surface area contributed by atoms with Crippen molar-refractivity contribution < 1.29 is 4.74 Å². The average molecular weight is 329 g/mol. The van der Waals surface area contributed by atoms with E-state index in [-0.39, 0.29) is 0 Å². The molecule has 120 valence electrons. The van der Waals surface area contributed by atoms with Gasteiger partial charge in [0.2, 0.25) is 5.95 Å². The first-order valence-electron chi connectivity index (χ1n) is 7.71. The molecule has 3 rings (SSSR count). The van der Waals surface area contributed by atoms with Crippen LogP contribution in [0.25, 0.3) is 5.69 Å². The molecule has 2 aromatic rings. The van der Waals surface area contributed by atoms with Crippen LogP contribution in [0, 0.1) is 11.3 Å². The van der Waals surface area contributed by atoms with E-state index in [0.717, 1.165) is 36.3 Å². The van der Waals surface area contributed by atoms with Crippen molar-refractivity contribution in [1.29, 1.82) is 5.26 Å². The maximum absolute atomic E-state index is 8.89. The lowest BCUT2D eigenvalue weighted by atomic mass is 10.1. The molecule has 0 saturated carbocycles. The zero-order valence-corrected chi connectivity index (χ0v) is 13.9. The first-order chi connectivity index (χ1) is 11.3. The SMILES string of the molecule is CCc1ccccc1-n1c(SCC#N)nnc1N1CCOCC1. The van der Waals surface area contributed by atoms with E-state index in [1.54, 1.807) is 0 Å². The molecule has 0 unspecified atom stereocenters. The standard InChI is InChI=1S/C16H19N5OS/c1-2-13-5-3-4-6-14(13)21-15(20-8-10-22-11-9-20)18-19-16(21)23-12-7-17/h3-6H,2,8-12H2,1H3. The van der Waals surface area contributed by atoms with E-state index in [0.29, 0.717) is 19.0 Å². The van der Waals surface area contributed by atoms with E-state index >= 15 is 0 Å². The third kappa shape index (κ3) is 3.33. The van der Waals surface area contributed by atoms with E-state index in [1.807, 2.05) is 12.1 Å². The predicted octanol–water partition coefficient (Wildman–Crippen LogP) is 2.28. The number of hydrogen-bond donors (Lipinski definition) is 0. The lowest BCUT2D eigenvalue weighted by Crippen LogP contribution is -2.38. The lowest BCUT2D eigenvalue weighted by Gasteiger charge is -2.28. The Morgan fingerprint density at radius 3 is 2.78 bits per heavy atom. The summed E-state index contributed by atoms with van der Waals surface area (Å²) in [5.41, 5.74) is 2.32. The average Bonchev–Trinajstić information content (AvgIpc) is 3.04. The van der Waals surface area contributed by atoms with Crippen molar-refractivity contribution in [3.8, 4) is 11.8 Å². The number of rotatable bonds is 5. The molecule has 6 nitrogen and oxygen atoms in total. The number of anilines is 1. The van der Waals surface area contributed by atoms with Crippen molar-refractivity contribution in [1.82, 2.24) is 14.8 Å². The smallest absolute Gasteiger partial charge is 0.232 e. The topological polar surface area (TPSA) is 67.0 Å². The van der Waals surface area contributed by atoms with Gasteiger partial charge in [-0.05, 0) is 18.1 Å². The number of aromatic nitrogens is 3. The Labute approximate surface area is 140 Å². The maximum atomic E-state index is 8.89. The Kier molecular flexibility index (Phi) is 5.16. The molecule has 7 heteroatoms. The molecule has 23 heavy (non-hydrogen) atoms. The van der Waals surface area contributed by atoms with Gasteiger partial charge in [0.1, 0.15) is 0 Å². The fraction of sp³-hybridized carbons (Fsp3) is 0.438. The quantitative estimate of drug-likeness (QED) is 0.784. The van der Waals surface area contributed by atoms with Gasteiger partial charge in [0.15, 0.2) is 5.16 Å². The highest BCUT2D eigenvalue weighted by Crippen LogP contribution is 2.29. The molecule has 1 saturated heterocycles. The van der Waals surface area contributed by atoms with Crippen LogP contribution >= 0.6 is 11.8 Å². The number of ether oxygens (including phenoxy) is 1. The van der Waals surface area contributed by atoms with Crippen LogP contribution in [0.1, 0.15) is 12.5 Å². The van der Waals surface area contributed by atoms with Crippen LogP contribution in [-0.2, 0) is 11.2 Å². The molecule has 1 aromatic carbocycles. The molecule has 1 aliphatic rings. The monoisotopic (exact) mass is 329 g/mol. The van der Waals surface area contributed by atoms with Crippen LogP contribution in [0.4, 0.5) is 5.95 Å². The van der Waals surface area contributed by atoms with E-state index in [4.69, 9.17) is 10.00 Å². The summed E-state index contributed by atoms with van der Waals surface area (Å²) in [4.78, 5) is 2.19. The number of hydrogen-bond acceptors (Lipinski definition) is 6. The van der Waals surface area contributed by atoms with Gasteiger partial charge in [-0.1, -0.05) is 36.9 Å². The Balaban J connectivity index is 2.07. The highest BCUT2D eigenvalue weighted by molar-refractivity contribution is 7.99. The Morgan fingerprint density at radius 1 is 1.26 bits per heavy atom. The first-order valence-corrected chi connectivity index (χ1v) is 8.70. The van der Waals surface area contributed by atoms with Gasteiger partial charge in [-0.2, -0.15) is 5.26 Å². The van der Waals surface area contributed by atoms with Gasteiger partial charge in [-0.3, -0.25) is 4.57 Å². The Morgan fingerprint density at radius 2 is 2.04 bits per heavy atom. The minimum Gasteiger partial charge on any atom is -0.378 e. The molecule has 0 amide bonds. The predicted molar refractivity (Wildman–Crippen MR) is 90.1 cm³/mol. The normalized spacial score (nSPS) is 14.7. The van der Waals surface area contributed by atoms with E-state index in [1.165, 1.54) is 17.3 Å². The fourth-order valence-electron chi connectivity index (χ4n) is 2.66. The molecule has 0 aliphatic carbocycles. The van der Waals surface area contributed by atoms with Gasteiger partial charge >= 0.3 is 0 Å². The van der Waals surface area contributed by atoms with Gasteiger partial charge in [0.05, 0.1) is 30.7 Å². The molecule has 2 heterocycles. The summed E-state index contributed by atoms with van der Waals surface area (Å²) >= 11 is 1.42. The molecular weight excluding hydrogens is 310 g/mol. The zero-order valence-electron chi connectivity index (χ0n) is 13.1. The molecule has 1 aromatic heterocycles. The van der Waals surface area contributed by atoms with Crippen LogP contribution < -0.4 is 4.90 Å². The first kappa shape index (κ1) is 15.8. The van der Waals surface area contributed by atoms with Gasteiger partial charge in [-0.15, -0.1) is 10.2 Å². The van der Waals surface area contributed by atoms with Gasteiger partial charge in [0, 0.05) is 13.1 Å². The minimum atomic E-state index is 0.357. The summed E-state index contributed by atoms with van der Waals surface area (Å²) < 4.78 is 7.51. The largest absolute Gasteiger partial charge is 0.378 e. The van der Waals surface area contributed by atoms with Crippen molar-refractivity contribution >= 4 is 17.7 Å². The summed E-state index contributed by atoms with van der Waals surface area (Å²) in [5.74, 6) is 1.19. The van der Waals surface area contributed by atoms with Crippen molar-refractivity contribution in [2.24, 2.45) is 0 Å². The van der Waals surface area contributed by atoms with Crippen molar-refractivity contribution in [3.05, 3.63) is 29.8 Å². The molecule has 0 atom stereocenters. The second-order valence-electron chi connectivity index (χ2n) is 5.15. The minimum absolute atomic E-state index is 0.357. The fourth-order valence-corrected chi connectivity index (χ4v) is 3.26. The van der Waals surface area contributed by atoms with Gasteiger partial charge < -0.3 is 9.64 Å². The molecule has 1 fully saturated rings. The Bertz CT molecular complexity index is 703. The third-order valence-corrected chi connectivity index (χ3v) is 4.59. The number of aryl methyl sites for hydroxylation is 1. The summed E-state index contributed by atoms with van der Waals surface area (Å²) in [6, 6.07) is 10.4. The number of morpholine rings is 1. The molecule has 1 aliphatic heterocycles. The van der Waals surface area contributed by atoms with E-state index < -0.39 is 0 Å². The number of thioether (sulfide) groups is 1. The number of para-hydroxylation sites is 1. The summed E-state index contributed by atoms with van der Waals surface area (Å²) in [7, 11) is 0. The molecule has 0 spiro atoms. The van der Waals surface area contributed by atoms with Gasteiger partial charge in [0.25, 0.3) is 0 Å². The number of nitrogens with zero attached hydrogens (tertiary/aromatic N) is 5. The van der Waals surface area contributed by atoms with Crippen molar-refractivity contribution in [3.63, 3.8) is 0 Å². The van der Waals surface area contributed by atoms with Crippen LogP contribution in [0.2, 0.25) is 0 Å². The molecule has 0 radical (unpaired) electrons. The van der Waals surface area contributed by atoms with E-state index in [9.17, 15) is 0 Å². The van der Waals surface area contributed by atoms with Crippen LogP contribution in [0.15, 0.2) is 29.4 Å².